The van der Waals surface area contributed by atoms with Gasteiger partial charge in [-0.1, -0.05) is 12.2 Å². The first-order valence-electron chi connectivity index (χ1n) is 2.17. The fourth-order valence-corrected chi connectivity index (χ4v) is 0.290. The van der Waals surface area contributed by atoms with Crippen molar-refractivity contribution in [1.82, 2.24) is 0 Å². The van der Waals surface area contributed by atoms with Gasteiger partial charge < -0.3 is 0 Å². The quantitative estimate of drug-likeness (QED) is 0.399. The van der Waals surface area contributed by atoms with E-state index in [1.165, 1.54) is 0 Å². The van der Waals surface area contributed by atoms with Gasteiger partial charge in [0.2, 0.25) is 0 Å². The summed E-state index contributed by atoms with van der Waals surface area (Å²) in [5.41, 5.74) is 0.662. The van der Waals surface area contributed by atoms with Gasteiger partial charge in [-0.25, -0.2) is 0 Å². The van der Waals surface area contributed by atoms with E-state index in [1.807, 2.05) is 0 Å². The van der Waals surface area contributed by atoms with Crippen LogP contribution in [0.2, 0.25) is 0 Å². The molecule has 0 heterocycles. The Kier molecular flexibility index (Phi) is 2.69. The molecule has 8 heavy (non-hydrogen) atoms. The van der Waals surface area contributed by atoms with Crippen molar-refractivity contribution in [2.45, 2.75) is 13.3 Å². The predicted octanol–water partition coefficient (Wildman–Crippen LogP) is 1.25. The van der Waals surface area contributed by atoms with Crippen molar-refractivity contribution >= 4 is 5.91 Å². The monoisotopic (exact) mass is 113 g/mol. The largest absolute Gasteiger partial charge is 0.290 e. The number of nitrogens with zero attached hydrogens (tertiary/aromatic N) is 1. The van der Waals surface area contributed by atoms with Crippen molar-refractivity contribution in [3.05, 3.63) is 17.1 Å². The Morgan fingerprint density at radius 2 is 2.25 bits per heavy atom. The zero-order valence-electron chi connectivity index (χ0n) is 4.68. The first-order valence-corrected chi connectivity index (χ1v) is 2.17. The number of carbonyl (C=O) groups excluding carboxylic acids is 1. The van der Waals surface area contributed by atoms with Crippen LogP contribution in [-0.2, 0) is 4.79 Å². The van der Waals surface area contributed by atoms with Gasteiger partial charge in [0.1, 0.15) is 0 Å². The van der Waals surface area contributed by atoms with E-state index in [0.717, 1.165) is 0 Å². The van der Waals surface area contributed by atoms with Crippen LogP contribution in [-0.4, -0.2) is 5.91 Å². The number of carbonyl (C=O) groups is 1. The summed E-state index contributed by atoms with van der Waals surface area (Å²) in [4.78, 5) is 19.5. The third-order valence-corrected chi connectivity index (χ3v) is 0.555. The molecular weight excluding hydrogens is 106 g/mol. The Hall–Kier alpha value is -0.990. The average molecular weight is 113 g/mol. The SMILES string of the molecule is C=C(C)CC(=O)N=O. The van der Waals surface area contributed by atoms with E-state index in [-0.39, 0.29) is 6.42 Å². The maximum atomic E-state index is 10.1. The fraction of sp³-hybridized carbons (Fsp3) is 0.400. The molecule has 0 saturated heterocycles. The molecule has 3 heteroatoms. The zero-order valence-corrected chi connectivity index (χ0v) is 4.68. The molecule has 0 aliphatic rings. The van der Waals surface area contributed by atoms with E-state index < -0.39 is 5.91 Å². The second-order valence-corrected chi connectivity index (χ2v) is 1.62. The Morgan fingerprint density at radius 1 is 1.75 bits per heavy atom. The molecule has 0 atom stereocenters. The number of rotatable bonds is 2. The van der Waals surface area contributed by atoms with E-state index in [4.69, 9.17) is 0 Å². The van der Waals surface area contributed by atoms with Crippen LogP contribution in [0.15, 0.2) is 17.3 Å². The van der Waals surface area contributed by atoms with Crippen molar-refractivity contribution in [3.8, 4) is 0 Å². The molecule has 0 aromatic carbocycles. The molecule has 0 saturated carbocycles. The zero-order chi connectivity index (χ0) is 6.57. The minimum Gasteiger partial charge on any atom is -0.269 e. The molecule has 0 fully saturated rings. The Morgan fingerprint density at radius 3 is 2.38 bits per heavy atom. The highest BCUT2D eigenvalue weighted by molar-refractivity contribution is 5.78. The molecule has 0 aromatic heterocycles. The van der Waals surface area contributed by atoms with Gasteiger partial charge in [0.05, 0.1) is 6.42 Å². The molecule has 0 N–H and O–H groups in total. The van der Waals surface area contributed by atoms with Gasteiger partial charge in [0.25, 0.3) is 5.91 Å². The standard InChI is InChI=1S/C5H7NO2/c1-4(2)3-5(7)6-8/h1,3H2,2H3. The smallest absolute Gasteiger partial charge is 0.269 e. The summed E-state index contributed by atoms with van der Waals surface area (Å²) in [5, 5.41) is 2.18. The molecule has 0 bridgehead atoms. The molecule has 3 nitrogen and oxygen atoms in total. The van der Waals surface area contributed by atoms with Gasteiger partial charge in [-0.3, -0.25) is 4.79 Å². The average Bonchev–Trinajstić information content (AvgIpc) is 1.65. The third-order valence-electron chi connectivity index (χ3n) is 0.555. The molecule has 0 aromatic rings. The summed E-state index contributed by atoms with van der Waals surface area (Å²) in [6, 6.07) is 0. The van der Waals surface area contributed by atoms with Crippen LogP contribution in [0.1, 0.15) is 13.3 Å². The molecule has 0 aliphatic carbocycles. The summed E-state index contributed by atoms with van der Waals surface area (Å²) in [5.74, 6) is -0.655. The normalized spacial score (nSPS) is 8.12. The Bertz CT molecular complexity index is 128. The lowest BCUT2D eigenvalue weighted by atomic mass is 10.2. The predicted molar refractivity (Wildman–Crippen MR) is 30.2 cm³/mol. The molecule has 1 amide bonds. The highest BCUT2D eigenvalue weighted by Gasteiger charge is 1.97. The van der Waals surface area contributed by atoms with E-state index in [1.54, 1.807) is 6.92 Å². The van der Waals surface area contributed by atoms with Crippen LogP contribution < -0.4 is 0 Å². The van der Waals surface area contributed by atoms with Crippen molar-refractivity contribution in [2.75, 3.05) is 0 Å². The number of hydrogen-bond donors (Lipinski definition) is 0. The van der Waals surface area contributed by atoms with Crippen molar-refractivity contribution in [1.29, 1.82) is 0 Å². The van der Waals surface area contributed by atoms with Gasteiger partial charge >= 0.3 is 0 Å². The van der Waals surface area contributed by atoms with Gasteiger partial charge in [0, 0.05) is 5.18 Å². The summed E-state index contributed by atoms with van der Waals surface area (Å²) in [6.07, 6.45) is 0.0729. The lowest BCUT2D eigenvalue weighted by Gasteiger charge is -1.85. The molecule has 0 spiro atoms. The number of amides is 1. The van der Waals surface area contributed by atoms with Crippen molar-refractivity contribution in [3.63, 3.8) is 0 Å². The molecule has 0 unspecified atom stereocenters. The summed E-state index contributed by atoms with van der Waals surface area (Å²) in [7, 11) is 0. The van der Waals surface area contributed by atoms with Crippen molar-refractivity contribution in [2.24, 2.45) is 5.18 Å². The Labute approximate surface area is 47.4 Å². The van der Waals surface area contributed by atoms with Crippen LogP contribution in [0.5, 0.6) is 0 Å². The first kappa shape index (κ1) is 7.01. The highest BCUT2D eigenvalue weighted by Crippen LogP contribution is 1.95. The second kappa shape index (κ2) is 3.07. The van der Waals surface area contributed by atoms with Crippen LogP contribution in [0, 0.1) is 4.91 Å². The highest BCUT2D eigenvalue weighted by atomic mass is 16.3. The topological polar surface area (TPSA) is 46.5 Å². The maximum Gasteiger partial charge on any atom is 0.290 e. The minimum absolute atomic E-state index is 0.0729. The van der Waals surface area contributed by atoms with Gasteiger partial charge in [-0.2, -0.15) is 0 Å². The summed E-state index contributed by atoms with van der Waals surface area (Å²) >= 11 is 0. The molecule has 0 radical (unpaired) electrons. The fourth-order valence-electron chi connectivity index (χ4n) is 0.290. The number of hydrogen-bond acceptors (Lipinski definition) is 2. The van der Waals surface area contributed by atoms with E-state index in [9.17, 15) is 9.70 Å². The minimum atomic E-state index is -0.655. The van der Waals surface area contributed by atoms with Crippen LogP contribution in [0.25, 0.3) is 0 Å². The van der Waals surface area contributed by atoms with Gasteiger partial charge in [-0.05, 0) is 6.92 Å². The molecular formula is C5H7NO2. The number of nitroso groups, excluding NO2 is 1. The maximum absolute atomic E-state index is 10.1. The Balaban J connectivity index is 3.55. The van der Waals surface area contributed by atoms with Gasteiger partial charge in [0.15, 0.2) is 0 Å². The molecule has 0 aliphatic heterocycles. The van der Waals surface area contributed by atoms with E-state index in [2.05, 4.69) is 11.8 Å². The third kappa shape index (κ3) is 3.21. The van der Waals surface area contributed by atoms with Crippen LogP contribution >= 0.6 is 0 Å². The second-order valence-electron chi connectivity index (χ2n) is 1.62. The van der Waals surface area contributed by atoms with Crippen LogP contribution in [0.3, 0.4) is 0 Å². The molecule has 0 rings (SSSR count). The van der Waals surface area contributed by atoms with Gasteiger partial charge in [-0.15, -0.1) is 4.91 Å². The van der Waals surface area contributed by atoms with E-state index in [0.29, 0.717) is 5.57 Å². The lowest BCUT2D eigenvalue weighted by molar-refractivity contribution is -0.117. The molecule has 44 valence electrons. The first-order chi connectivity index (χ1) is 3.66. The van der Waals surface area contributed by atoms with Crippen LogP contribution in [0.4, 0.5) is 0 Å². The summed E-state index contributed by atoms with van der Waals surface area (Å²) in [6.45, 7) is 5.09. The lowest BCUT2D eigenvalue weighted by Crippen LogP contribution is -1.89. The van der Waals surface area contributed by atoms with Crippen molar-refractivity contribution < 1.29 is 4.79 Å². The summed E-state index contributed by atoms with van der Waals surface area (Å²) < 4.78 is 0. The van der Waals surface area contributed by atoms with E-state index >= 15 is 0 Å².